The molecule has 0 unspecified atom stereocenters. The van der Waals surface area contributed by atoms with Crippen LogP contribution in [0.4, 0.5) is 0 Å². The number of hydrogen-bond donors (Lipinski definition) is 2. The summed E-state index contributed by atoms with van der Waals surface area (Å²) in [6.07, 6.45) is 3.35. The summed E-state index contributed by atoms with van der Waals surface area (Å²) in [5, 5.41) is 6.50. The van der Waals surface area contributed by atoms with Gasteiger partial charge in [-0.05, 0) is 19.1 Å². The van der Waals surface area contributed by atoms with Gasteiger partial charge < -0.3 is 0 Å². The zero-order chi connectivity index (χ0) is 7.40. The lowest BCUT2D eigenvalue weighted by molar-refractivity contribution is 0.963. The molecule has 0 saturated heterocycles. The molecule has 0 spiro atoms. The highest BCUT2D eigenvalue weighted by atomic mass is 32.1. The van der Waals surface area contributed by atoms with E-state index in [9.17, 15) is 0 Å². The molecule has 1 aromatic heterocycles. The van der Waals surface area contributed by atoms with E-state index in [0.29, 0.717) is 0 Å². The number of aromatic nitrogens is 3. The Morgan fingerprint density at radius 1 is 1.70 bits per heavy atom. The Bertz CT molecular complexity index is 223. The van der Waals surface area contributed by atoms with Crippen LogP contribution in [0.3, 0.4) is 0 Å². The second-order valence-corrected chi connectivity index (χ2v) is 2.32. The van der Waals surface area contributed by atoms with Gasteiger partial charge in [-0.25, -0.2) is 0 Å². The Labute approximate surface area is 64.9 Å². The Hall–Kier alpha value is -0.900. The minimum atomic E-state index is 1.03. The van der Waals surface area contributed by atoms with Gasteiger partial charge >= 0.3 is 0 Å². The largest absolute Gasteiger partial charge is 0.284 e. The van der Waals surface area contributed by atoms with Gasteiger partial charge in [0.1, 0.15) is 6.33 Å². The fraction of sp³-hybridized carbons (Fsp3) is 0.167. The second-order valence-electron chi connectivity index (χ2n) is 1.89. The molecule has 0 bridgehead atoms. The molecule has 0 atom stereocenters. The SMILES string of the molecule is Cc1ccc[nH]ncn1S. The normalized spacial score (nSPS) is 9.00. The Kier molecular flexibility index (Phi) is 2.39. The third-order valence-electron chi connectivity index (χ3n) is 1.11. The fourth-order valence-electron chi connectivity index (χ4n) is 0.529. The van der Waals surface area contributed by atoms with Crippen LogP contribution in [0.25, 0.3) is 0 Å². The van der Waals surface area contributed by atoms with Crippen molar-refractivity contribution in [2.75, 3.05) is 0 Å². The van der Waals surface area contributed by atoms with Gasteiger partial charge in [-0.3, -0.25) is 9.07 Å². The molecule has 1 rings (SSSR count). The van der Waals surface area contributed by atoms with Crippen LogP contribution in [0.5, 0.6) is 0 Å². The molecule has 0 aliphatic rings. The van der Waals surface area contributed by atoms with E-state index in [1.54, 1.807) is 16.5 Å². The second kappa shape index (κ2) is 3.31. The Morgan fingerprint density at radius 3 is 3.30 bits per heavy atom. The van der Waals surface area contributed by atoms with Crippen molar-refractivity contribution in [3.8, 4) is 0 Å². The lowest BCUT2D eigenvalue weighted by atomic mass is 10.4. The van der Waals surface area contributed by atoms with Crippen LogP contribution in [0.1, 0.15) is 5.69 Å². The van der Waals surface area contributed by atoms with Gasteiger partial charge in [0, 0.05) is 11.9 Å². The quantitative estimate of drug-likeness (QED) is 0.544. The molecule has 0 aliphatic carbocycles. The summed E-state index contributed by atoms with van der Waals surface area (Å²) in [5.41, 5.74) is 1.03. The highest BCUT2D eigenvalue weighted by Crippen LogP contribution is 1.93. The van der Waals surface area contributed by atoms with Crippen molar-refractivity contribution in [1.82, 2.24) is 14.2 Å². The van der Waals surface area contributed by atoms with E-state index >= 15 is 0 Å². The standard InChI is InChI=1S/C6H9N3S/c1-6-3-2-4-7-8-5-9(6)10/h2-5,7,10H,1H3. The summed E-state index contributed by atoms with van der Waals surface area (Å²) < 4.78 is 1.64. The van der Waals surface area contributed by atoms with E-state index in [1.807, 2.05) is 19.1 Å². The first kappa shape index (κ1) is 7.21. The Morgan fingerprint density at radius 2 is 2.50 bits per heavy atom. The van der Waals surface area contributed by atoms with E-state index in [2.05, 4.69) is 23.0 Å². The van der Waals surface area contributed by atoms with Gasteiger partial charge in [-0.15, -0.1) is 0 Å². The minimum Gasteiger partial charge on any atom is -0.284 e. The molecule has 0 saturated carbocycles. The predicted molar refractivity (Wildman–Crippen MR) is 43.3 cm³/mol. The number of aromatic amines is 1. The zero-order valence-corrected chi connectivity index (χ0v) is 6.55. The van der Waals surface area contributed by atoms with E-state index in [4.69, 9.17) is 0 Å². The summed E-state index contributed by atoms with van der Waals surface area (Å²) in [6.45, 7) is 1.95. The molecule has 54 valence electrons. The van der Waals surface area contributed by atoms with E-state index in [1.165, 1.54) is 0 Å². The minimum absolute atomic E-state index is 1.03. The first-order chi connectivity index (χ1) is 4.80. The van der Waals surface area contributed by atoms with Crippen molar-refractivity contribution in [2.24, 2.45) is 0 Å². The summed E-state index contributed by atoms with van der Waals surface area (Å²) in [4.78, 5) is 0. The highest BCUT2D eigenvalue weighted by molar-refractivity contribution is 7.78. The smallest absolute Gasteiger partial charge is 0.125 e. The molecular weight excluding hydrogens is 146 g/mol. The summed E-state index contributed by atoms with van der Waals surface area (Å²) >= 11 is 4.11. The average Bonchev–Trinajstić information content (AvgIpc) is 1.92. The average molecular weight is 155 g/mol. The molecule has 0 aliphatic heterocycles. The number of H-pyrrole nitrogens is 1. The van der Waals surface area contributed by atoms with Crippen LogP contribution >= 0.6 is 12.8 Å². The third-order valence-corrected chi connectivity index (χ3v) is 1.53. The number of hydrogen-bond acceptors (Lipinski definition) is 2. The number of aryl methyl sites for hydroxylation is 1. The van der Waals surface area contributed by atoms with Crippen LogP contribution in [-0.2, 0) is 0 Å². The highest BCUT2D eigenvalue weighted by Gasteiger charge is 1.80. The lowest BCUT2D eigenvalue weighted by Crippen LogP contribution is -1.87. The van der Waals surface area contributed by atoms with Crippen molar-refractivity contribution < 1.29 is 0 Å². The predicted octanol–water partition coefficient (Wildman–Crippen LogP) is 1.34. The van der Waals surface area contributed by atoms with Crippen LogP contribution < -0.4 is 0 Å². The van der Waals surface area contributed by atoms with Gasteiger partial charge in [0.05, 0.1) is 0 Å². The molecule has 0 aromatic carbocycles. The Balaban J connectivity index is 3.22. The van der Waals surface area contributed by atoms with Crippen molar-refractivity contribution in [1.29, 1.82) is 0 Å². The summed E-state index contributed by atoms with van der Waals surface area (Å²) in [7, 11) is 0. The van der Waals surface area contributed by atoms with E-state index in [0.717, 1.165) is 5.69 Å². The van der Waals surface area contributed by atoms with Crippen molar-refractivity contribution >= 4 is 12.8 Å². The fourth-order valence-corrected chi connectivity index (χ4v) is 0.647. The molecule has 1 heterocycles. The molecule has 1 aromatic rings. The maximum absolute atomic E-state index is 4.11. The number of nitrogens with one attached hydrogen (secondary N) is 1. The van der Waals surface area contributed by atoms with E-state index in [-0.39, 0.29) is 0 Å². The number of thiol groups is 1. The van der Waals surface area contributed by atoms with Gasteiger partial charge in [0.25, 0.3) is 0 Å². The number of rotatable bonds is 0. The zero-order valence-electron chi connectivity index (χ0n) is 5.65. The van der Waals surface area contributed by atoms with Crippen LogP contribution in [0.2, 0.25) is 0 Å². The molecular formula is C6H9N3S. The molecule has 4 heteroatoms. The van der Waals surface area contributed by atoms with Crippen LogP contribution in [0.15, 0.2) is 24.7 Å². The van der Waals surface area contributed by atoms with Gasteiger partial charge in [0.15, 0.2) is 0 Å². The third kappa shape index (κ3) is 1.80. The van der Waals surface area contributed by atoms with Gasteiger partial charge in [-0.2, -0.15) is 5.10 Å². The maximum Gasteiger partial charge on any atom is 0.125 e. The summed E-state index contributed by atoms with van der Waals surface area (Å²) in [6, 6.07) is 3.81. The molecule has 3 nitrogen and oxygen atoms in total. The van der Waals surface area contributed by atoms with Crippen molar-refractivity contribution in [3.63, 3.8) is 0 Å². The first-order valence-corrected chi connectivity index (χ1v) is 3.31. The van der Waals surface area contributed by atoms with E-state index < -0.39 is 0 Å². The maximum atomic E-state index is 4.11. The monoisotopic (exact) mass is 155 g/mol. The topological polar surface area (TPSA) is 33.6 Å². The van der Waals surface area contributed by atoms with Crippen LogP contribution in [-0.4, -0.2) is 14.2 Å². The first-order valence-electron chi connectivity index (χ1n) is 2.91. The molecule has 0 amide bonds. The summed E-state index contributed by atoms with van der Waals surface area (Å²) in [5.74, 6) is 0. The van der Waals surface area contributed by atoms with Crippen molar-refractivity contribution in [2.45, 2.75) is 6.92 Å². The molecule has 0 radical (unpaired) electrons. The van der Waals surface area contributed by atoms with Gasteiger partial charge in [0.2, 0.25) is 0 Å². The van der Waals surface area contributed by atoms with Crippen LogP contribution in [0, 0.1) is 6.92 Å². The number of nitrogens with zero attached hydrogens (tertiary/aromatic N) is 2. The van der Waals surface area contributed by atoms with Gasteiger partial charge in [-0.1, -0.05) is 12.8 Å². The lowest BCUT2D eigenvalue weighted by Gasteiger charge is -1.95. The molecule has 1 N–H and O–H groups in total. The molecule has 0 fully saturated rings. The molecule has 10 heavy (non-hydrogen) atoms. The van der Waals surface area contributed by atoms with Crippen molar-refractivity contribution in [3.05, 3.63) is 30.4 Å².